The number of aromatic amines is 1. The highest BCUT2D eigenvalue weighted by Gasteiger charge is 2.14. The van der Waals surface area contributed by atoms with E-state index in [0.29, 0.717) is 5.82 Å². The maximum Gasteiger partial charge on any atom is 0.254 e. The van der Waals surface area contributed by atoms with Gasteiger partial charge in [0, 0.05) is 12.0 Å². The Morgan fingerprint density at radius 2 is 2.25 bits per heavy atom. The van der Waals surface area contributed by atoms with Gasteiger partial charge in [-0.15, -0.1) is 0 Å². The van der Waals surface area contributed by atoms with Gasteiger partial charge < -0.3 is 4.98 Å². The summed E-state index contributed by atoms with van der Waals surface area (Å²) in [6.07, 6.45) is 2.72. The van der Waals surface area contributed by atoms with E-state index < -0.39 is 0 Å². The molecule has 0 spiro atoms. The van der Waals surface area contributed by atoms with Gasteiger partial charge in [0.2, 0.25) is 0 Å². The molecule has 1 aliphatic rings. The Labute approximate surface area is 70.2 Å². The predicted molar refractivity (Wildman–Crippen MR) is 46.9 cm³/mol. The van der Waals surface area contributed by atoms with Gasteiger partial charge in [-0.25, -0.2) is 4.98 Å². The summed E-state index contributed by atoms with van der Waals surface area (Å²) in [4.78, 5) is 18.3. The SMILES string of the molecule is CC1=Cc2nc(C)[nH]c(=O)c2C1. The first-order valence-corrected chi connectivity index (χ1v) is 3.94. The smallest absolute Gasteiger partial charge is 0.254 e. The standard InChI is InChI=1S/C9H10N2O/c1-5-3-7-8(4-5)10-6(2)11-9(7)12/h4H,3H2,1-2H3,(H,10,11,12). The molecule has 0 radical (unpaired) electrons. The molecule has 12 heavy (non-hydrogen) atoms. The molecule has 0 fully saturated rings. The Balaban J connectivity index is 2.70. The summed E-state index contributed by atoms with van der Waals surface area (Å²) in [7, 11) is 0. The molecule has 3 heteroatoms. The highest BCUT2D eigenvalue weighted by Crippen LogP contribution is 2.18. The van der Waals surface area contributed by atoms with Crippen LogP contribution < -0.4 is 5.56 Å². The number of hydrogen-bond acceptors (Lipinski definition) is 2. The second-order valence-corrected chi connectivity index (χ2v) is 3.18. The number of aryl methyl sites for hydroxylation is 1. The first kappa shape index (κ1) is 7.28. The number of H-pyrrole nitrogens is 1. The third kappa shape index (κ3) is 0.978. The van der Waals surface area contributed by atoms with Crippen LogP contribution in [0.1, 0.15) is 24.0 Å². The van der Waals surface area contributed by atoms with E-state index in [1.807, 2.05) is 13.0 Å². The fourth-order valence-electron chi connectivity index (χ4n) is 1.49. The van der Waals surface area contributed by atoms with E-state index in [4.69, 9.17) is 0 Å². The van der Waals surface area contributed by atoms with E-state index in [9.17, 15) is 4.79 Å². The summed E-state index contributed by atoms with van der Waals surface area (Å²) in [5.74, 6) is 0.685. The molecule has 1 N–H and O–H groups in total. The van der Waals surface area contributed by atoms with Crippen molar-refractivity contribution < 1.29 is 0 Å². The molecular formula is C9H10N2O. The van der Waals surface area contributed by atoms with Gasteiger partial charge in [0.25, 0.3) is 5.56 Å². The largest absolute Gasteiger partial charge is 0.311 e. The zero-order valence-electron chi connectivity index (χ0n) is 7.14. The summed E-state index contributed by atoms with van der Waals surface area (Å²) >= 11 is 0. The third-order valence-electron chi connectivity index (χ3n) is 2.00. The van der Waals surface area contributed by atoms with Crippen LogP contribution in [-0.4, -0.2) is 9.97 Å². The van der Waals surface area contributed by atoms with Crippen LogP contribution in [0.5, 0.6) is 0 Å². The maximum absolute atomic E-state index is 11.3. The van der Waals surface area contributed by atoms with Gasteiger partial charge in [-0.2, -0.15) is 0 Å². The number of nitrogens with zero attached hydrogens (tertiary/aromatic N) is 1. The van der Waals surface area contributed by atoms with Crippen LogP contribution in [0, 0.1) is 6.92 Å². The van der Waals surface area contributed by atoms with Gasteiger partial charge in [0.15, 0.2) is 0 Å². The van der Waals surface area contributed by atoms with E-state index in [-0.39, 0.29) is 5.56 Å². The number of hydrogen-bond donors (Lipinski definition) is 1. The van der Waals surface area contributed by atoms with Gasteiger partial charge in [-0.1, -0.05) is 5.57 Å². The lowest BCUT2D eigenvalue weighted by molar-refractivity contribution is 0.970. The molecule has 1 aliphatic carbocycles. The first-order chi connectivity index (χ1) is 5.66. The molecule has 1 heterocycles. The summed E-state index contributed by atoms with van der Waals surface area (Å²) in [5, 5.41) is 0. The van der Waals surface area contributed by atoms with Crippen molar-refractivity contribution in [2.24, 2.45) is 0 Å². The quantitative estimate of drug-likeness (QED) is 0.619. The normalized spacial score (nSPS) is 14.3. The van der Waals surface area contributed by atoms with Crippen molar-refractivity contribution in [3.05, 3.63) is 33.0 Å². The van der Waals surface area contributed by atoms with E-state index in [0.717, 1.165) is 17.7 Å². The molecule has 2 rings (SSSR count). The van der Waals surface area contributed by atoms with Crippen molar-refractivity contribution in [2.45, 2.75) is 20.3 Å². The Bertz CT molecular complexity index is 415. The average molecular weight is 162 g/mol. The minimum Gasteiger partial charge on any atom is -0.311 e. The Kier molecular flexibility index (Phi) is 1.40. The van der Waals surface area contributed by atoms with Crippen LogP contribution in [0.25, 0.3) is 6.08 Å². The monoisotopic (exact) mass is 162 g/mol. The molecule has 0 bridgehead atoms. The minimum atomic E-state index is 0.00519. The number of allylic oxidation sites excluding steroid dienone is 1. The molecule has 0 aromatic carbocycles. The van der Waals surface area contributed by atoms with Gasteiger partial charge in [0.1, 0.15) is 5.82 Å². The van der Waals surface area contributed by atoms with Crippen molar-refractivity contribution in [3.8, 4) is 0 Å². The van der Waals surface area contributed by atoms with Crippen LogP contribution >= 0.6 is 0 Å². The third-order valence-corrected chi connectivity index (χ3v) is 2.00. The number of rotatable bonds is 0. The number of fused-ring (bicyclic) bond motifs is 1. The lowest BCUT2D eigenvalue weighted by atomic mass is 10.2. The number of aromatic nitrogens is 2. The summed E-state index contributed by atoms with van der Waals surface area (Å²) < 4.78 is 0. The van der Waals surface area contributed by atoms with E-state index >= 15 is 0 Å². The highest BCUT2D eigenvalue weighted by atomic mass is 16.1. The average Bonchev–Trinajstić information content (AvgIpc) is 2.29. The van der Waals surface area contributed by atoms with Crippen LogP contribution in [0.15, 0.2) is 10.4 Å². The molecule has 0 atom stereocenters. The molecule has 3 nitrogen and oxygen atoms in total. The lowest BCUT2D eigenvalue weighted by Gasteiger charge is -1.97. The second kappa shape index (κ2) is 2.30. The van der Waals surface area contributed by atoms with Crippen molar-refractivity contribution in [1.82, 2.24) is 9.97 Å². The molecule has 0 saturated heterocycles. The summed E-state index contributed by atoms with van der Waals surface area (Å²) in [5.41, 5.74) is 2.85. The Morgan fingerprint density at radius 3 is 3.00 bits per heavy atom. The molecule has 1 aromatic rings. The van der Waals surface area contributed by atoms with E-state index in [2.05, 4.69) is 9.97 Å². The van der Waals surface area contributed by atoms with E-state index in [1.54, 1.807) is 6.92 Å². The second-order valence-electron chi connectivity index (χ2n) is 3.18. The summed E-state index contributed by atoms with van der Waals surface area (Å²) in [6.45, 7) is 3.81. The highest BCUT2D eigenvalue weighted by molar-refractivity contribution is 5.59. The van der Waals surface area contributed by atoms with Crippen molar-refractivity contribution in [2.75, 3.05) is 0 Å². The Morgan fingerprint density at radius 1 is 1.50 bits per heavy atom. The van der Waals surface area contributed by atoms with Crippen LogP contribution in [0.4, 0.5) is 0 Å². The molecule has 0 saturated carbocycles. The molecule has 1 aromatic heterocycles. The van der Waals surface area contributed by atoms with Crippen molar-refractivity contribution >= 4 is 6.08 Å². The topological polar surface area (TPSA) is 45.8 Å². The molecule has 0 aliphatic heterocycles. The zero-order chi connectivity index (χ0) is 8.72. The van der Waals surface area contributed by atoms with Crippen LogP contribution in [-0.2, 0) is 6.42 Å². The number of nitrogens with one attached hydrogen (secondary N) is 1. The van der Waals surface area contributed by atoms with Crippen LogP contribution in [0.3, 0.4) is 0 Å². The van der Waals surface area contributed by atoms with Gasteiger partial charge in [-0.3, -0.25) is 4.79 Å². The van der Waals surface area contributed by atoms with Crippen molar-refractivity contribution in [1.29, 1.82) is 0 Å². The maximum atomic E-state index is 11.3. The Hall–Kier alpha value is -1.38. The van der Waals surface area contributed by atoms with Crippen molar-refractivity contribution in [3.63, 3.8) is 0 Å². The van der Waals surface area contributed by atoms with Crippen LogP contribution in [0.2, 0.25) is 0 Å². The predicted octanol–water partition coefficient (Wildman–Crippen LogP) is 1.04. The molecule has 0 amide bonds. The first-order valence-electron chi connectivity index (χ1n) is 3.94. The molecule has 0 unspecified atom stereocenters. The molecule has 62 valence electrons. The summed E-state index contributed by atoms with van der Waals surface area (Å²) in [6, 6.07) is 0. The zero-order valence-corrected chi connectivity index (χ0v) is 7.14. The van der Waals surface area contributed by atoms with Gasteiger partial charge in [-0.05, 0) is 19.9 Å². The van der Waals surface area contributed by atoms with Gasteiger partial charge in [0.05, 0.1) is 5.69 Å². The fraction of sp³-hybridized carbons (Fsp3) is 0.333. The lowest BCUT2D eigenvalue weighted by Crippen LogP contribution is -2.15. The minimum absolute atomic E-state index is 0.00519. The van der Waals surface area contributed by atoms with Gasteiger partial charge >= 0.3 is 0 Å². The molecular weight excluding hydrogens is 152 g/mol. The van der Waals surface area contributed by atoms with E-state index in [1.165, 1.54) is 5.57 Å². The fourth-order valence-corrected chi connectivity index (χ4v) is 1.49.